The van der Waals surface area contributed by atoms with Crippen molar-refractivity contribution in [2.45, 2.75) is 198 Å². The van der Waals surface area contributed by atoms with Crippen LogP contribution in [0.1, 0.15) is 198 Å². The van der Waals surface area contributed by atoms with Crippen molar-refractivity contribution >= 4 is 0 Å². The summed E-state index contributed by atoms with van der Waals surface area (Å²) in [6.07, 6.45) is 28.6. The normalized spacial score (nSPS) is 49.9. The molecule has 0 aromatic heterocycles. The van der Waals surface area contributed by atoms with Gasteiger partial charge in [-0.2, -0.15) is 0 Å². The molecule has 278 valence electrons. The molecular formula is C48H86. The standard InChI is InChI=1S/C48H86/c1-12-31(2)29-42-46(9)30-34(5)43(33(4)25-26-38-20-14-13-15-21-38)36(7)48(46,11)37(8)45-35(6)44-32(3)19-18-24-40(44)41(47(42,45)10)28-27-39-22-16-17-23-39/h31-45H,12-30H2,1-11H3. The van der Waals surface area contributed by atoms with E-state index in [1.54, 1.807) is 19.3 Å². The molecule has 0 nitrogen and oxygen atoms in total. The second-order valence-corrected chi connectivity index (χ2v) is 21.6. The van der Waals surface area contributed by atoms with Crippen LogP contribution in [0, 0.1) is 105 Å². The minimum Gasteiger partial charge on any atom is -0.0651 e. The fourth-order valence-corrected chi connectivity index (χ4v) is 17.4. The molecule has 0 aliphatic heterocycles. The molecule has 0 heterocycles. The van der Waals surface area contributed by atoms with Gasteiger partial charge in [0.25, 0.3) is 0 Å². The summed E-state index contributed by atoms with van der Waals surface area (Å²) in [5.74, 6) is 13.6. The van der Waals surface area contributed by atoms with Crippen molar-refractivity contribution in [2.24, 2.45) is 105 Å². The summed E-state index contributed by atoms with van der Waals surface area (Å²) >= 11 is 0. The lowest BCUT2D eigenvalue weighted by Crippen LogP contribution is -2.72. The van der Waals surface area contributed by atoms with Crippen LogP contribution in [0.2, 0.25) is 0 Å². The Morgan fingerprint density at radius 1 is 0.667 bits per heavy atom. The molecule has 6 saturated carbocycles. The number of fused-ring (bicyclic) bond motifs is 3. The molecule has 0 aromatic carbocycles. The van der Waals surface area contributed by atoms with Crippen molar-refractivity contribution in [2.75, 3.05) is 0 Å². The van der Waals surface area contributed by atoms with Gasteiger partial charge in [-0.25, -0.2) is 0 Å². The van der Waals surface area contributed by atoms with Crippen LogP contribution in [-0.2, 0) is 0 Å². The van der Waals surface area contributed by atoms with Crippen LogP contribution < -0.4 is 0 Å². The molecule has 0 aromatic rings. The number of rotatable bonds is 10. The van der Waals surface area contributed by atoms with Crippen LogP contribution >= 0.6 is 0 Å². The highest BCUT2D eigenvalue weighted by molar-refractivity contribution is 5.21. The summed E-state index contributed by atoms with van der Waals surface area (Å²) in [7, 11) is 0. The molecule has 0 spiro atoms. The Hall–Kier alpha value is 0. The first kappa shape index (κ1) is 37.7. The van der Waals surface area contributed by atoms with E-state index in [9.17, 15) is 0 Å². The molecule has 6 aliphatic rings. The Kier molecular flexibility index (Phi) is 11.6. The monoisotopic (exact) mass is 663 g/mol. The van der Waals surface area contributed by atoms with Gasteiger partial charge < -0.3 is 0 Å². The number of hydrogen-bond acceptors (Lipinski definition) is 0. The van der Waals surface area contributed by atoms with Crippen LogP contribution in [0.4, 0.5) is 0 Å². The van der Waals surface area contributed by atoms with E-state index >= 15 is 0 Å². The molecule has 0 heteroatoms. The van der Waals surface area contributed by atoms with Gasteiger partial charge in [0.2, 0.25) is 0 Å². The van der Waals surface area contributed by atoms with Gasteiger partial charge in [-0.3, -0.25) is 0 Å². The zero-order valence-electron chi connectivity index (χ0n) is 34.6. The zero-order chi connectivity index (χ0) is 34.6. The molecule has 0 radical (unpaired) electrons. The minimum atomic E-state index is 0.417. The Labute approximate surface area is 302 Å². The van der Waals surface area contributed by atoms with Crippen molar-refractivity contribution in [3.05, 3.63) is 0 Å². The fraction of sp³-hybridized carbons (Fsp3) is 1.00. The molecule has 16 atom stereocenters. The van der Waals surface area contributed by atoms with E-state index in [2.05, 4.69) is 76.2 Å². The molecule has 16 unspecified atom stereocenters. The van der Waals surface area contributed by atoms with Crippen molar-refractivity contribution < 1.29 is 0 Å². The van der Waals surface area contributed by atoms with Gasteiger partial charge in [-0.15, -0.1) is 0 Å². The largest absolute Gasteiger partial charge is 0.0651 e. The smallest absolute Gasteiger partial charge is 0.0212 e. The Balaban J connectivity index is 1.40. The predicted octanol–water partition coefficient (Wildman–Crippen LogP) is 14.9. The lowest BCUT2D eigenvalue weighted by Gasteiger charge is -2.78. The van der Waals surface area contributed by atoms with E-state index in [1.165, 1.54) is 103 Å². The van der Waals surface area contributed by atoms with Gasteiger partial charge in [0.15, 0.2) is 0 Å². The third kappa shape index (κ3) is 6.16. The summed E-state index contributed by atoms with van der Waals surface area (Å²) < 4.78 is 0. The average molecular weight is 663 g/mol. The van der Waals surface area contributed by atoms with Gasteiger partial charge in [-0.05, 0) is 131 Å². The van der Waals surface area contributed by atoms with Crippen LogP contribution in [-0.4, -0.2) is 0 Å². The summed E-state index contributed by atoms with van der Waals surface area (Å²) in [4.78, 5) is 0. The Morgan fingerprint density at radius 2 is 1.29 bits per heavy atom. The summed E-state index contributed by atoms with van der Waals surface area (Å²) in [6, 6.07) is 0. The quantitative estimate of drug-likeness (QED) is 0.218. The Morgan fingerprint density at radius 3 is 1.94 bits per heavy atom. The van der Waals surface area contributed by atoms with Gasteiger partial charge in [0, 0.05) is 0 Å². The number of hydrogen-bond donors (Lipinski definition) is 0. The maximum Gasteiger partial charge on any atom is -0.0212 e. The maximum atomic E-state index is 2.99. The van der Waals surface area contributed by atoms with Crippen molar-refractivity contribution in [3.63, 3.8) is 0 Å². The molecule has 6 rings (SSSR count). The van der Waals surface area contributed by atoms with Gasteiger partial charge in [0.05, 0.1) is 0 Å². The van der Waals surface area contributed by atoms with Gasteiger partial charge in [0.1, 0.15) is 0 Å². The molecular weight excluding hydrogens is 577 g/mol. The average Bonchev–Trinajstić information content (AvgIpc) is 3.58. The van der Waals surface area contributed by atoms with E-state index in [0.717, 1.165) is 88.8 Å². The zero-order valence-corrected chi connectivity index (χ0v) is 34.6. The van der Waals surface area contributed by atoms with Crippen molar-refractivity contribution in [1.29, 1.82) is 0 Å². The topological polar surface area (TPSA) is 0 Å². The van der Waals surface area contributed by atoms with Crippen LogP contribution in [0.15, 0.2) is 0 Å². The summed E-state index contributed by atoms with van der Waals surface area (Å²) in [5.41, 5.74) is 1.32. The third-order valence-corrected chi connectivity index (χ3v) is 19.8. The van der Waals surface area contributed by atoms with E-state index in [1.807, 2.05) is 0 Å². The van der Waals surface area contributed by atoms with Crippen molar-refractivity contribution in [1.82, 2.24) is 0 Å². The molecule has 48 heavy (non-hydrogen) atoms. The van der Waals surface area contributed by atoms with Gasteiger partial charge in [-0.1, -0.05) is 172 Å². The highest BCUT2D eigenvalue weighted by atomic mass is 14.8. The van der Waals surface area contributed by atoms with E-state index in [-0.39, 0.29) is 0 Å². The highest BCUT2D eigenvalue weighted by Gasteiger charge is 2.73. The molecule has 6 fully saturated rings. The Bertz CT molecular complexity index is 1030. The molecule has 0 amide bonds. The molecule has 0 bridgehead atoms. The molecule has 6 aliphatic carbocycles. The second-order valence-electron chi connectivity index (χ2n) is 21.6. The van der Waals surface area contributed by atoms with E-state index in [4.69, 9.17) is 0 Å². The second kappa shape index (κ2) is 14.8. The first-order chi connectivity index (χ1) is 22.8. The SMILES string of the molecule is CCC(C)CC1C2(C)C(CCC3CCCC3)C3CCCC(C)C3C(C)C2C(C)C2(C)C(C)C(C(C)CCC3CCCCC3)C(C)CC12C. The van der Waals surface area contributed by atoms with Crippen molar-refractivity contribution in [3.8, 4) is 0 Å². The third-order valence-electron chi connectivity index (χ3n) is 19.8. The summed E-state index contributed by atoms with van der Waals surface area (Å²) in [5, 5.41) is 0. The first-order valence-corrected chi connectivity index (χ1v) is 22.8. The predicted molar refractivity (Wildman–Crippen MR) is 210 cm³/mol. The van der Waals surface area contributed by atoms with Crippen LogP contribution in [0.3, 0.4) is 0 Å². The van der Waals surface area contributed by atoms with Crippen LogP contribution in [0.25, 0.3) is 0 Å². The van der Waals surface area contributed by atoms with Gasteiger partial charge >= 0.3 is 0 Å². The first-order valence-electron chi connectivity index (χ1n) is 22.8. The van der Waals surface area contributed by atoms with Crippen LogP contribution in [0.5, 0.6) is 0 Å². The fourth-order valence-electron chi connectivity index (χ4n) is 17.4. The molecule has 0 N–H and O–H groups in total. The highest BCUT2D eigenvalue weighted by Crippen LogP contribution is 2.79. The maximum absolute atomic E-state index is 2.99. The lowest BCUT2D eigenvalue weighted by molar-refractivity contribution is -0.300. The molecule has 0 saturated heterocycles. The van der Waals surface area contributed by atoms with E-state index < -0.39 is 0 Å². The lowest BCUT2D eigenvalue weighted by atomic mass is 9.27. The minimum absolute atomic E-state index is 0.417. The van der Waals surface area contributed by atoms with E-state index in [0.29, 0.717) is 16.2 Å². The summed E-state index contributed by atoms with van der Waals surface area (Å²) in [6.45, 7) is 30.7.